The second-order valence-electron chi connectivity index (χ2n) is 3.65. The maximum atomic E-state index is 10.7. The SMILES string of the molecule is CC(N[C@@H](C)C(=O)O)c1ccccc1C#N.Cl. The van der Waals surface area contributed by atoms with E-state index in [0.29, 0.717) is 5.56 Å². The van der Waals surface area contributed by atoms with Crippen LogP contribution in [0.4, 0.5) is 0 Å². The van der Waals surface area contributed by atoms with Gasteiger partial charge in [0.1, 0.15) is 6.04 Å². The highest BCUT2D eigenvalue weighted by Crippen LogP contribution is 2.17. The molecule has 92 valence electrons. The number of carboxylic acids is 1. The third-order valence-corrected chi connectivity index (χ3v) is 2.42. The lowest BCUT2D eigenvalue weighted by molar-refractivity contribution is -0.139. The molecule has 0 aromatic heterocycles. The Hall–Kier alpha value is -1.57. The first-order chi connectivity index (χ1) is 7.56. The molecule has 0 amide bonds. The normalized spacial score (nSPS) is 13.0. The van der Waals surface area contributed by atoms with Gasteiger partial charge in [-0.3, -0.25) is 10.1 Å². The topological polar surface area (TPSA) is 73.1 Å². The summed E-state index contributed by atoms with van der Waals surface area (Å²) >= 11 is 0. The van der Waals surface area contributed by atoms with Crippen LogP contribution in [-0.4, -0.2) is 17.1 Å². The van der Waals surface area contributed by atoms with Crippen LogP contribution in [0.5, 0.6) is 0 Å². The zero-order valence-corrected chi connectivity index (χ0v) is 10.5. The van der Waals surface area contributed by atoms with Crippen molar-refractivity contribution in [3.8, 4) is 6.07 Å². The summed E-state index contributed by atoms with van der Waals surface area (Å²) < 4.78 is 0. The molecule has 1 unspecified atom stereocenters. The second kappa shape index (κ2) is 6.89. The van der Waals surface area contributed by atoms with Gasteiger partial charge < -0.3 is 5.11 Å². The third-order valence-electron chi connectivity index (χ3n) is 2.42. The minimum atomic E-state index is -0.902. The maximum absolute atomic E-state index is 10.7. The molecule has 0 aliphatic rings. The molecule has 0 aliphatic carbocycles. The van der Waals surface area contributed by atoms with Crippen molar-refractivity contribution in [2.75, 3.05) is 0 Å². The molecule has 0 radical (unpaired) electrons. The van der Waals surface area contributed by atoms with Gasteiger partial charge >= 0.3 is 5.97 Å². The molecule has 17 heavy (non-hydrogen) atoms. The standard InChI is InChI=1S/C12H14N2O2.ClH/c1-8(14-9(2)12(15)16)11-6-4-3-5-10(11)7-13;/h3-6,8-9,14H,1-2H3,(H,15,16);1H/t8?,9-;/m0./s1. The molecule has 0 spiro atoms. The summed E-state index contributed by atoms with van der Waals surface area (Å²) in [5, 5.41) is 20.6. The number of rotatable bonds is 4. The fraction of sp³-hybridized carbons (Fsp3) is 0.333. The zero-order chi connectivity index (χ0) is 12.1. The predicted octanol–water partition coefficient (Wildman–Crippen LogP) is 2.10. The van der Waals surface area contributed by atoms with Crippen molar-refractivity contribution in [2.45, 2.75) is 25.9 Å². The quantitative estimate of drug-likeness (QED) is 0.863. The van der Waals surface area contributed by atoms with Crippen LogP contribution in [0.1, 0.15) is 31.0 Å². The number of carbonyl (C=O) groups is 1. The van der Waals surface area contributed by atoms with E-state index in [9.17, 15) is 4.79 Å². The molecule has 0 saturated heterocycles. The molecule has 0 saturated carbocycles. The fourth-order valence-corrected chi connectivity index (χ4v) is 1.51. The molecule has 4 nitrogen and oxygen atoms in total. The second-order valence-corrected chi connectivity index (χ2v) is 3.65. The Morgan fingerprint density at radius 3 is 2.53 bits per heavy atom. The number of benzene rings is 1. The Kier molecular flexibility index (Phi) is 6.26. The average molecular weight is 255 g/mol. The smallest absolute Gasteiger partial charge is 0.320 e. The monoisotopic (exact) mass is 254 g/mol. The van der Waals surface area contributed by atoms with Crippen molar-refractivity contribution >= 4 is 18.4 Å². The Balaban J connectivity index is 0.00000256. The summed E-state index contributed by atoms with van der Waals surface area (Å²) in [5.74, 6) is -0.902. The zero-order valence-electron chi connectivity index (χ0n) is 9.68. The van der Waals surface area contributed by atoms with Crippen LogP contribution in [0.3, 0.4) is 0 Å². The largest absolute Gasteiger partial charge is 0.480 e. The molecule has 1 aromatic carbocycles. The summed E-state index contributed by atoms with van der Waals surface area (Å²) in [6.07, 6.45) is 0. The van der Waals surface area contributed by atoms with E-state index in [1.54, 1.807) is 19.1 Å². The van der Waals surface area contributed by atoms with Gasteiger partial charge in [0.15, 0.2) is 0 Å². The number of nitrogens with zero attached hydrogens (tertiary/aromatic N) is 1. The average Bonchev–Trinajstić information content (AvgIpc) is 2.28. The number of nitrogens with one attached hydrogen (secondary N) is 1. The Morgan fingerprint density at radius 2 is 2.00 bits per heavy atom. The summed E-state index contributed by atoms with van der Waals surface area (Å²) in [6, 6.07) is 8.45. The van der Waals surface area contributed by atoms with E-state index in [-0.39, 0.29) is 18.4 Å². The molecule has 0 aliphatic heterocycles. The molecular formula is C12H15ClN2O2. The first-order valence-corrected chi connectivity index (χ1v) is 5.04. The van der Waals surface area contributed by atoms with Gasteiger partial charge in [-0.25, -0.2) is 0 Å². The number of nitriles is 1. The molecule has 5 heteroatoms. The van der Waals surface area contributed by atoms with Crippen molar-refractivity contribution in [3.05, 3.63) is 35.4 Å². The van der Waals surface area contributed by atoms with Crippen LogP contribution in [0.25, 0.3) is 0 Å². The molecule has 2 N–H and O–H groups in total. The number of hydrogen-bond acceptors (Lipinski definition) is 3. The van der Waals surface area contributed by atoms with E-state index in [1.165, 1.54) is 0 Å². The van der Waals surface area contributed by atoms with Gasteiger partial charge in [-0.05, 0) is 25.5 Å². The molecule has 0 fully saturated rings. The van der Waals surface area contributed by atoms with Crippen LogP contribution < -0.4 is 5.32 Å². The maximum Gasteiger partial charge on any atom is 0.320 e. The summed E-state index contributed by atoms with van der Waals surface area (Å²) in [7, 11) is 0. The van der Waals surface area contributed by atoms with Gasteiger partial charge in [-0.2, -0.15) is 5.26 Å². The van der Waals surface area contributed by atoms with E-state index in [4.69, 9.17) is 10.4 Å². The van der Waals surface area contributed by atoms with E-state index in [0.717, 1.165) is 5.56 Å². The van der Waals surface area contributed by atoms with E-state index >= 15 is 0 Å². The highest BCUT2D eigenvalue weighted by atomic mass is 35.5. The minimum Gasteiger partial charge on any atom is -0.480 e. The Labute approximate surface area is 107 Å². The lowest BCUT2D eigenvalue weighted by Gasteiger charge is -2.18. The third kappa shape index (κ3) is 4.06. The minimum absolute atomic E-state index is 0. The fourth-order valence-electron chi connectivity index (χ4n) is 1.51. The number of aliphatic carboxylic acids is 1. The molecule has 1 rings (SSSR count). The number of halogens is 1. The van der Waals surface area contributed by atoms with Crippen molar-refractivity contribution in [1.29, 1.82) is 5.26 Å². The number of hydrogen-bond donors (Lipinski definition) is 2. The summed E-state index contributed by atoms with van der Waals surface area (Å²) in [4.78, 5) is 10.7. The van der Waals surface area contributed by atoms with Crippen LogP contribution in [-0.2, 0) is 4.79 Å². The lowest BCUT2D eigenvalue weighted by Crippen LogP contribution is -2.35. The summed E-state index contributed by atoms with van der Waals surface area (Å²) in [5.41, 5.74) is 1.39. The van der Waals surface area contributed by atoms with Crippen LogP contribution in [0, 0.1) is 11.3 Å². The lowest BCUT2D eigenvalue weighted by atomic mass is 10.0. The molecule has 2 atom stereocenters. The van der Waals surface area contributed by atoms with Crippen molar-refractivity contribution in [1.82, 2.24) is 5.32 Å². The summed E-state index contributed by atoms with van der Waals surface area (Å²) in [6.45, 7) is 3.42. The molecule has 0 bridgehead atoms. The van der Waals surface area contributed by atoms with Gasteiger partial charge in [0.25, 0.3) is 0 Å². The highest BCUT2D eigenvalue weighted by Gasteiger charge is 2.16. The highest BCUT2D eigenvalue weighted by molar-refractivity contribution is 5.85. The van der Waals surface area contributed by atoms with Gasteiger partial charge in [0.05, 0.1) is 11.6 Å². The van der Waals surface area contributed by atoms with E-state index < -0.39 is 12.0 Å². The predicted molar refractivity (Wildman–Crippen MR) is 67.1 cm³/mol. The molecule has 1 aromatic rings. The van der Waals surface area contributed by atoms with Gasteiger partial charge in [0, 0.05) is 6.04 Å². The van der Waals surface area contributed by atoms with Gasteiger partial charge in [-0.15, -0.1) is 12.4 Å². The van der Waals surface area contributed by atoms with E-state index in [1.807, 2.05) is 19.1 Å². The first-order valence-electron chi connectivity index (χ1n) is 5.04. The van der Waals surface area contributed by atoms with Crippen molar-refractivity contribution in [2.24, 2.45) is 0 Å². The van der Waals surface area contributed by atoms with Crippen molar-refractivity contribution < 1.29 is 9.90 Å². The van der Waals surface area contributed by atoms with Crippen molar-refractivity contribution in [3.63, 3.8) is 0 Å². The van der Waals surface area contributed by atoms with Crippen LogP contribution in [0.2, 0.25) is 0 Å². The van der Waals surface area contributed by atoms with Crippen LogP contribution in [0.15, 0.2) is 24.3 Å². The Morgan fingerprint density at radius 1 is 1.41 bits per heavy atom. The van der Waals surface area contributed by atoms with E-state index in [2.05, 4.69) is 11.4 Å². The Bertz CT molecular complexity index is 429. The number of carboxylic acid groups (broad SMARTS) is 1. The van der Waals surface area contributed by atoms with Gasteiger partial charge in [-0.1, -0.05) is 18.2 Å². The molecular weight excluding hydrogens is 240 g/mol. The van der Waals surface area contributed by atoms with Gasteiger partial charge in [0.2, 0.25) is 0 Å². The first kappa shape index (κ1) is 15.4. The van der Waals surface area contributed by atoms with Crippen LogP contribution >= 0.6 is 12.4 Å². The molecule has 0 heterocycles.